The molecule has 33 heavy (non-hydrogen) atoms. The van der Waals surface area contributed by atoms with Gasteiger partial charge < -0.3 is 10.5 Å². The van der Waals surface area contributed by atoms with Gasteiger partial charge in [0.2, 0.25) is 5.91 Å². The number of primary amides is 1. The molecule has 1 aromatic heterocycles. The highest BCUT2D eigenvalue weighted by Gasteiger charge is 2.54. The maximum atomic E-state index is 13.1. The summed E-state index contributed by atoms with van der Waals surface area (Å²) < 4.78 is 30.3. The molecule has 0 spiro atoms. The van der Waals surface area contributed by atoms with Crippen LogP contribution in [0.25, 0.3) is 10.9 Å². The van der Waals surface area contributed by atoms with E-state index in [4.69, 9.17) is 10.5 Å². The predicted molar refractivity (Wildman–Crippen MR) is 129 cm³/mol. The van der Waals surface area contributed by atoms with Crippen molar-refractivity contribution in [2.75, 3.05) is 6.26 Å². The predicted octanol–water partition coefficient (Wildman–Crippen LogP) is 4.51. The van der Waals surface area contributed by atoms with E-state index < -0.39 is 20.5 Å². The fraction of sp³-hybridized carbons (Fsp3) is 0.385. The van der Waals surface area contributed by atoms with E-state index in [9.17, 15) is 13.2 Å². The number of carbonyl (C=O) groups is 1. The monoisotopic (exact) mass is 466 g/mol. The van der Waals surface area contributed by atoms with E-state index in [2.05, 4.69) is 4.98 Å². The van der Waals surface area contributed by atoms with Crippen LogP contribution in [-0.4, -0.2) is 25.6 Å². The summed E-state index contributed by atoms with van der Waals surface area (Å²) in [5.41, 5.74) is 7.94. The SMILES string of the molecule is CS(=O)(=O)C(C(N)=O)(c1ccc(OCc2ccc3ccccc3n2)cc1)C1CCCCCC1. The fourth-order valence-electron chi connectivity index (χ4n) is 5.11. The first-order valence-corrected chi connectivity index (χ1v) is 13.3. The van der Waals surface area contributed by atoms with Gasteiger partial charge in [-0.15, -0.1) is 0 Å². The van der Waals surface area contributed by atoms with Crippen molar-refractivity contribution in [2.24, 2.45) is 11.7 Å². The van der Waals surface area contributed by atoms with Crippen molar-refractivity contribution >= 4 is 26.6 Å². The summed E-state index contributed by atoms with van der Waals surface area (Å²) in [4.78, 5) is 17.4. The van der Waals surface area contributed by atoms with Crippen molar-refractivity contribution in [1.82, 2.24) is 4.98 Å². The van der Waals surface area contributed by atoms with Crippen LogP contribution in [0.2, 0.25) is 0 Å². The van der Waals surface area contributed by atoms with Crippen LogP contribution in [0.15, 0.2) is 60.7 Å². The molecule has 1 fully saturated rings. The minimum absolute atomic E-state index is 0.278. The Morgan fingerprint density at radius 3 is 2.30 bits per heavy atom. The van der Waals surface area contributed by atoms with Crippen LogP contribution in [0.1, 0.15) is 49.8 Å². The summed E-state index contributed by atoms with van der Waals surface area (Å²) in [6, 6.07) is 18.5. The number of hydrogen-bond acceptors (Lipinski definition) is 5. The van der Waals surface area contributed by atoms with Gasteiger partial charge in [0.05, 0.1) is 11.2 Å². The molecule has 0 saturated heterocycles. The highest BCUT2D eigenvalue weighted by atomic mass is 32.2. The van der Waals surface area contributed by atoms with E-state index in [0.29, 0.717) is 24.2 Å². The number of benzene rings is 2. The molecular weight excluding hydrogens is 436 g/mol. The lowest BCUT2D eigenvalue weighted by molar-refractivity contribution is -0.122. The second-order valence-electron chi connectivity index (χ2n) is 8.87. The Morgan fingerprint density at radius 1 is 1.00 bits per heavy atom. The normalized spacial score (nSPS) is 17.2. The van der Waals surface area contributed by atoms with Crippen molar-refractivity contribution < 1.29 is 17.9 Å². The first-order chi connectivity index (χ1) is 15.8. The highest BCUT2D eigenvalue weighted by Crippen LogP contribution is 2.44. The average molecular weight is 467 g/mol. The molecule has 174 valence electrons. The number of para-hydroxylation sites is 1. The summed E-state index contributed by atoms with van der Waals surface area (Å²) in [6.45, 7) is 0.278. The molecule has 0 radical (unpaired) electrons. The summed E-state index contributed by atoms with van der Waals surface area (Å²) in [6.07, 6.45) is 6.35. The maximum Gasteiger partial charge on any atom is 0.243 e. The third-order valence-corrected chi connectivity index (χ3v) is 8.65. The Balaban J connectivity index is 1.59. The lowest BCUT2D eigenvalue weighted by Crippen LogP contribution is -2.52. The standard InChI is InChI=1S/C26H30N2O4S/c1-33(30,31)26(25(27)29,20-9-4-2-3-5-10-20)21-13-16-23(17-14-21)32-18-22-15-12-19-8-6-7-11-24(19)28-22/h6-8,11-17,20H,2-5,9-10,18H2,1H3,(H2,27,29). The van der Waals surface area contributed by atoms with E-state index in [0.717, 1.165) is 48.5 Å². The molecule has 1 saturated carbocycles. The van der Waals surface area contributed by atoms with Crippen LogP contribution in [0, 0.1) is 5.92 Å². The largest absolute Gasteiger partial charge is 0.487 e. The van der Waals surface area contributed by atoms with Crippen LogP contribution in [0.3, 0.4) is 0 Å². The van der Waals surface area contributed by atoms with Crippen molar-refractivity contribution in [2.45, 2.75) is 49.9 Å². The van der Waals surface area contributed by atoms with Crippen molar-refractivity contribution in [3.05, 3.63) is 71.9 Å². The van der Waals surface area contributed by atoms with Crippen LogP contribution in [0.4, 0.5) is 0 Å². The topological polar surface area (TPSA) is 99.3 Å². The second kappa shape index (κ2) is 9.51. The number of carbonyl (C=O) groups excluding carboxylic acids is 1. The lowest BCUT2D eigenvalue weighted by Gasteiger charge is -2.36. The zero-order chi connectivity index (χ0) is 23.5. The summed E-state index contributed by atoms with van der Waals surface area (Å²) >= 11 is 0. The van der Waals surface area contributed by atoms with Crippen LogP contribution >= 0.6 is 0 Å². The number of fused-ring (bicyclic) bond motifs is 1. The van der Waals surface area contributed by atoms with E-state index in [1.165, 1.54) is 0 Å². The number of pyridine rings is 1. The fourth-order valence-corrected chi connectivity index (χ4v) is 6.88. The summed E-state index contributed by atoms with van der Waals surface area (Å²) in [7, 11) is -3.81. The Labute approximate surface area is 195 Å². The zero-order valence-corrected chi connectivity index (χ0v) is 19.7. The van der Waals surface area contributed by atoms with Crippen LogP contribution in [-0.2, 0) is 26.0 Å². The number of nitrogens with two attached hydrogens (primary N) is 1. The molecular formula is C26H30N2O4S. The Hall–Kier alpha value is -2.93. The number of nitrogens with zero attached hydrogens (tertiary/aromatic N) is 1. The second-order valence-corrected chi connectivity index (χ2v) is 11.1. The summed E-state index contributed by atoms with van der Waals surface area (Å²) in [5, 5.41) is 1.06. The molecule has 0 bridgehead atoms. The van der Waals surface area contributed by atoms with Crippen molar-refractivity contribution in [3.8, 4) is 5.75 Å². The quantitative estimate of drug-likeness (QED) is 0.517. The van der Waals surface area contributed by atoms with Gasteiger partial charge in [-0.25, -0.2) is 13.4 Å². The molecule has 2 aromatic carbocycles. The third-order valence-electron chi connectivity index (χ3n) is 6.71. The van der Waals surface area contributed by atoms with Crippen molar-refractivity contribution in [1.29, 1.82) is 0 Å². The Bertz CT molecular complexity index is 1230. The Kier molecular flexibility index (Phi) is 6.70. The third kappa shape index (κ3) is 4.60. The number of aromatic nitrogens is 1. The van der Waals surface area contributed by atoms with Crippen LogP contribution < -0.4 is 10.5 Å². The highest BCUT2D eigenvalue weighted by molar-refractivity contribution is 7.92. The van der Waals surface area contributed by atoms with Crippen molar-refractivity contribution in [3.63, 3.8) is 0 Å². The van der Waals surface area contributed by atoms with Gasteiger partial charge in [0.1, 0.15) is 12.4 Å². The number of rotatable bonds is 7. The van der Waals surface area contributed by atoms with E-state index >= 15 is 0 Å². The smallest absolute Gasteiger partial charge is 0.243 e. The number of ether oxygens (including phenoxy) is 1. The van der Waals surface area contributed by atoms with E-state index in [-0.39, 0.29) is 12.5 Å². The lowest BCUT2D eigenvalue weighted by atomic mass is 9.80. The molecule has 1 heterocycles. The van der Waals surface area contributed by atoms with Gasteiger partial charge in [0.15, 0.2) is 14.6 Å². The first kappa shape index (κ1) is 23.2. The van der Waals surface area contributed by atoms with Gasteiger partial charge in [-0.3, -0.25) is 4.79 Å². The molecule has 4 rings (SSSR count). The zero-order valence-electron chi connectivity index (χ0n) is 18.9. The van der Waals surface area contributed by atoms with Gasteiger partial charge in [-0.05, 0) is 48.6 Å². The summed E-state index contributed by atoms with van der Waals surface area (Å²) in [5.74, 6) is -0.562. The molecule has 1 unspecified atom stereocenters. The Morgan fingerprint density at radius 2 is 1.67 bits per heavy atom. The van der Waals surface area contributed by atoms with Gasteiger partial charge in [-0.2, -0.15) is 0 Å². The first-order valence-electron chi connectivity index (χ1n) is 11.4. The van der Waals surface area contributed by atoms with Crippen LogP contribution in [0.5, 0.6) is 5.75 Å². The van der Waals surface area contributed by atoms with Gasteiger partial charge in [0, 0.05) is 11.6 Å². The minimum atomic E-state index is -3.81. The van der Waals surface area contributed by atoms with Gasteiger partial charge in [0.25, 0.3) is 0 Å². The van der Waals surface area contributed by atoms with Gasteiger partial charge >= 0.3 is 0 Å². The molecule has 1 amide bonds. The molecule has 3 aromatic rings. The molecule has 1 aliphatic carbocycles. The average Bonchev–Trinajstić information content (AvgIpc) is 3.07. The molecule has 0 aliphatic heterocycles. The maximum absolute atomic E-state index is 13.1. The van der Waals surface area contributed by atoms with E-state index in [1.807, 2.05) is 36.4 Å². The number of hydrogen-bond donors (Lipinski definition) is 1. The molecule has 7 heteroatoms. The number of sulfone groups is 1. The minimum Gasteiger partial charge on any atom is -0.487 e. The number of amides is 1. The molecule has 1 atom stereocenters. The molecule has 2 N–H and O–H groups in total. The van der Waals surface area contributed by atoms with E-state index in [1.54, 1.807) is 24.3 Å². The molecule has 1 aliphatic rings. The molecule has 6 nitrogen and oxygen atoms in total. The van der Waals surface area contributed by atoms with Gasteiger partial charge in [-0.1, -0.05) is 62.1 Å².